The molecule has 2 aliphatic heterocycles. The number of hydrogen-bond acceptors (Lipinski definition) is 6. The molecule has 9 heteroatoms. The molecule has 3 heterocycles. The average molecular weight is 405 g/mol. The Hall–Kier alpha value is -2.26. The highest BCUT2D eigenvalue weighted by Crippen LogP contribution is 2.23. The van der Waals surface area contributed by atoms with E-state index in [9.17, 15) is 12.8 Å². The third kappa shape index (κ3) is 3.81. The molecule has 0 atom stereocenters. The van der Waals surface area contributed by atoms with E-state index in [4.69, 9.17) is 4.98 Å². The zero-order valence-electron chi connectivity index (χ0n) is 15.9. The third-order valence-corrected chi connectivity index (χ3v) is 7.14. The van der Waals surface area contributed by atoms with E-state index in [1.165, 1.54) is 41.4 Å². The van der Waals surface area contributed by atoms with Crippen molar-refractivity contribution in [3.05, 3.63) is 41.8 Å². The van der Waals surface area contributed by atoms with Crippen LogP contribution in [0.3, 0.4) is 0 Å². The number of rotatable bonds is 4. The molecule has 1 aromatic heterocycles. The molecule has 2 fully saturated rings. The quantitative estimate of drug-likeness (QED) is 0.775. The van der Waals surface area contributed by atoms with Crippen LogP contribution in [0.15, 0.2) is 35.2 Å². The Kier molecular flexibility index (Phi) is 5.20. The molecule has 0 spiro atoms. The maximum absolute atomic E-state index is 13.1. The van der Waals surface area contributed by atoms with Gasteiger partial charge >= 0.3 is 0 Å². The van der Waals surface area contributed by atoms with Crippen LogP contribution in [0.1, 0.15) is 18.5 Å². The molecule has 0 saturated carbocycles. The van der Waals surface area contributed by atoms with Gasteiger partial charge in [-0.05, 0) is 44.0 Å². The smallest absolute Gasteiger partial charge is 0.243 e. The second-order valence-corrected chi connectivity index (χ2v) is 9.14. The third-order valence-electron chi connectivity index (χ3n) is 5.23. The topological polar surface area (TPSA) is 69.6 Å². The summed E-state index contributed by atoms with van der Waals surface area (Å²) >= 11 is 0. The molecule has 7 nitrogen and oxygen atoms in total. The van der Waals surface area contributed by atoms with E-state index in [2.05, 4.69) is 9.88 Å². The van der Waals surface area contributed by atoms with Crippen LogP contribution in [-0.2, 0) is 10.0 Å². The molecule has 2 saturated heterocycles. The monoisotopic (exact) mass is 405 g/mol. The Balaban J connectivity index is 1.47. The van der Waals surface area contributed by atoms with E-state index in [1.54, 1.807) is 0 Å². The van der Waals surface area contributed by atoms with Crippen LogP contribution < -0.4 is 9.80 Å². The fraction of sp³-hybridized carbons (Fsp3) is 0.474. The van der Waals surface area contributed by atoms with Gasteiger partial charge < -0.3 is 9.80 Å². The Morgan fingerprint density at radius 1 is 0.893 bits per heavy atom. The molecule has 0 radical (unpaired) electrons. The van der Waals surface area contributed by atoms with Crippen molar-refractivity contribution >= 4 is 21.8 Å². The molecular formula is C19H24FN5O2S. The van der Waals surface area contributed by atoms with Crippen molar-refractivity contribution in [2.45, 2.75) is 24.7 Å². The van der Waals surface area contributed by atoms with E-state index in [1.807, 2.05) is 17.9 Å². The lowest BCUT2D eigenvalue weighted by Crippen LogP contribution is -2.49. The van der Waals surface area contributed by atoms with Gasteiger partial charge in [-0.15, -0.1) is 0 Å². The Morgan fingerprint density at radius 2 is 1.54 bits per heavy atom. The number of halogens is 1. The van der Waals surface area contributed by atoms with Gasteiger partial charge in [0.25, 0.3) is 0 Å². The van der Waals surface area contributed by atoms with Gasteiger partial charge in [-0.1, -0.05) is 0 Å². The van der Waals surface area contributed by atoms with E-state index in [0.29, 0.717) is 32.1 Å². The van der Waals surface area contributed by atoms with Crippen molar-refractivity contribution in [3.63, 3.8) is 0 Å². The van der Waals surface area contributed by atoms with E-state index in [0.717, 1.165) is 24.6 Å². The first-order valence-corrected chi connectivity index (χ1v) is 11.0. The summed E-state index contributed by atoms with van der Waals surface area (Å²) in [7, 11) is -3.62. The zero-order valence-corrected chi connectivity index (χ0v) is 16.7. The minimum atomic E-state index is -3.62. The number of aromatic nitrogens is 2. The Bertz CT molecular complexity index is 937. The molecule has 150 valence electrons. The van der Waals surface area contributed by atoms with Crippen molar-refractivity contribution in [3.8, 4) is 0 Å². The summed E-state index contributed by atoms with van der Waals surface area (Å²) in [5.74, 6) is 1.15. The SMILES string of the molecule is Cc1cc(N2CCCC2)nc(N2CCN(S(=O)(=O)c3ccc(F)cc3)CC2)n1. The zero-order chi connectivity index (χ0) is 19.7. The highest BCUT2D eigenvalue weighted by Gasteiger charge is 2.29. The minimum absolute atomic E-state index is 0.116. The molecule has 0 bridgehead atoms. The van der Waals surface area contributed by atoms with E-state index < -0.39 is 15.8 Å². The van der Waals surface area contributed by atoms with Crippen LogP contribution in [0.25, 0.3) is 0 Å². The molecule has 28 heavy (non-hydrogen) atoms. The van der Waals surface area contributed by atoms with Gasteiger partial charge in [0.15, 0.2) is 0 Å². The minimum Gasteiger partial charge on any atom is -0.356 e. The van der Waals surface area contributed by atoms with Gasteiger partial charge in [0, 0.05) is 51.0 Å². The van der Waals surface area contributed by atoms with Crippen molar-refractivity contribution in [2.75, 3.05) is 49.1 Å². The summed E-state index contributed by atoms with van der Waals surface area (Å²) in [5.41, 5.74) is 0.910. The lowest BCUT2D eigenvalue weighted by atomic mass is 10.3. The molecule has 2 aliphatic rings. The summed E-state index contributed by atoms with van der Waals surface area (Å²) in [6.45, 7) is 5.71. The normalized spacial score (nSPS) is 18.6. The van der Waals surface area contributed by atoms with Gasteiger partial charge in [-0.25, -0.2) is 17.8 Å². The number of anilines is 2. The fourth-order valence-corrected chi connectivity index (χ4v) is 5.09. The first kappa shape index (κ1) is 19.1. The molecule has 0 N–H and O–H groups in total. The number of aryl methyl sites for hydroxylation is 1. The summed E-state index contributed by atoms with van der Waals surface area (Å²) < 4.78 is 40.1. The second kappa shape index (κ2) is 7.63. The summed E-state index contributed by atoms with van der Waals surface area (Å²) in [5, 5.41) is 0. The Labute approximate surface area is 164 Å². The largest absolute Gasteiger partial charge is 0.356 e. The van der Waals surface area contributed by atoms with Crippen molar-refractivity contribution in [2.24, 2.45) is 0 Å². The predicted octanol–water partition coefficient (Wildman–Crippen LogP) is 2.04. The van der Waals surface area contributed by atoms with E-state index in [-0.39, 0.29) is 4.90 Å². The van der Waals surface area contributed by atoms with Crippen LogP contribution in [0.5, 0.6) is 0 Å². The number of piperazine rings is 1. The number of nitrogens with zero attached hydrogens (tertiary/aromatic N) is 5. The fourth-order valence-electron chi connectivity index (χ4n) is 3.67. The average Bonchev–Trinajstić information content (AvgIpc) is 3.23. The van der Waals surface area contributed by atoms with Crippen LogP contribution >= 0.6 is 0 Å². The predicted molar refractivity (Wildman–Crippen MR) is 106 cm³/mol. The van der Waals surface area contributed by atoms with Crippen LogP contribution in [-0.4, -0.2) is 62.0 Å². The Morgan fingerprint density at radius 3 is 2.18 bits per heavy atom. The lowest BCUT2D eigenvalue weighted by molar-refractivity contribution is 0.382. The van der Waals surface area contributed by atoms with Crippen molar-refractivity contribution in [1.29, 1.82) is 0 Å². The highest BCUT2D eigenvalue weighted by molar-refractivity contribution is 7.89. The maximum atomic E-state index is 13.1. The molecule has 0 unspecified atom stereocenters. The molecule has 2 aromatic rings. The van der Waals surface area contributed by atoms with Gasteiger partial charge in [0.1, 0.15) is 11.6 Å². The van der Waals surface area contributed by atoms with Gasteiger partial charge in [-0.3, -0.25) is 0 Å². The molecule has 1 aromatic carbocycles. The first-order chi connectivity index (χ1) is 13.4. The molecule has 4 rings (SSSR count). The van der Waals surface area contributed by atoms with Crippen LogP contribution in [0.4, 0.5) is 16.2 Å². The van der Waals surface area contributed by atoms with Crippen LogP contribution in [0.2, 0.25) is 0 Å². The molecular weight excluding hydrogens is 381 g/mol. The maximum Gasteiger partial charge on any atom is 0.243 e. The van der Waals surface area contributed by atoms with Crippen molar-refractivity contribution < 1.29 is 12.8 Å². The van der Waals surface area contributed by atoms with Crippen molar-refractivity contribution in [1.82, 2.24) is 14.3 Å². The summed E-state index contributed by atoms with van der Waals surface area (Å²) in [4.78, 5) is 13.7. The summed E-state index contributed by atoms with van der Waals surface area (Å²) in [6.07, 6.45) is 2.36. The highest BCUT2D eigenvalue weighted by atomic mass is 32.2. The molecule has 0 aliphatic carbocycles. The lowest BCUT2D eigenvalue weighted by Gasteiger charge is -2.34. The van der Waals surface area contributed by atoms with Gasteiger partial charge in [-0.2, -0.15) is 9.29 Å². The number of hydrogen-bond donors (Lipinski definition) is 0. The van der Waals surface area contributed by atoms with E-state index >= 15 is 0 Å². The summed E-state index contributed by atoms with van der Waals surface area (Å²) in [6, 6.07) is 6.96. The van der Waals surface area contributed by atoms with Gasteiger partial charge in [0.2, 0.25) is 16.0 Å². The number of sulfonamides is 1. The second-order valence-electron chi connectivity index (χ2n) is 7.21. The van der Waals surface area contributed by atoms with Gasteiger partial charge in [0.05, 0.1) is 4.90 Å². The van der Waals surface area contributed by atoms with Crippen LogP contribution in [0, 0.1) is 12.7 Å². The standard InChI is InChI=1S/C19H24FN5O2S/c1-15-14-18(23-8-2-3-9-23)22-19(21-15)24-10-12-25(13-11-24)28(26,27)17-6-4-16(20)5-7-17/h4-7,14H,2-3,8-13H2,1H3. The first-order valence-electron chi connectivity index (χ1n) is 9.55. The molecule has 0 amide bonds. The number of benzene rings is 1.